The maximum absolute atomic E-state index is 11.4. The van der Waals surface area contributed by atoms with Crippen molar-refractivity contribution < 1.29 is 26.7 Å². The smallest absolute Gasteiger partial charge is 0.321 e. The lowest BCUT2D eigenvalue weighted by molar-refractivity contribution is -0.139. The van der Waals surface area contributed by atoms with Crippen LogP contribution in [0.15, 0.2) is 0 Å². The number of hydrogen-bond donors (Lipinski definition) is 3. The molecule has 0 aliphatic carbocycles. The van der Waals surface area contributed by atoms with Gasteiger partial charge in [-0.2, -0.15) is 13.1 Å². The zero-order chi connectivity index (χ0) is 14.4. The second-order valence-corrected chi connectivity index (χ2v) is 7.62. The summed E-state index contributed by atoms with van der Waals surface area (Å²) >= 11 is 0. The monoisotopic (exact) mass is 302 g/mol. The fourth-order valence-corrected chi connectivity index (χ4v) is 2.84. The van der Waals surface area contributed by atoms with Gasteiger partial charge in [-0.1, -0.05) is 6.92 Å². The highest BCUT2D eigenvalue weighted by molar-refractivity contribution is 7.90. The summed E-state index contributed by atoms with van der Waals surface area (Å²) in [5.74, 6) is -1.82. The summed E-state index contributed by atoms with van der Waals surface area (Å²) in [6, 6.07) is -1.46. The van der Waals surface area contributed by atoms with E-state index in [-0.39, 0.29) is 13.0 Å². The molecule has 0 amide bonds. The summed E-state index contributed by atoms with van der Waals surface area (Å²) in [5, 5.41) is 8.81. The van der Waals surface area contributed by atoms with Crippen LogP contribution >= 0.6 is 0 Å². The van der Waals surface area contributed by atoms with E-state index in [1.807, 2.05) is 4.72 Å². The number of nitrogens with one attached hydrogen (secondary N) is 2. The SMILES string of the molecule is CCCNS(=O)(=O)NC(CCS(C)(=O)=O)C(=O)O. The van der Waals surface area contributed by atoms with E-state index in [2.05, 4.69) is 4.72 Å². The largest absolute Gasteiger partial charge is 0.480 e. The summed E-state index contributed by atoms with van der Waals surface area (Å²) in [6.07, 6.45) is 1.19. The van der Waals surface area contributed by atoms with E-state index in [1.54, 1.807) is 6.92 Å². The summed E-state index contributed by atoms with van der Waals surface area (Å²) in [5.41, 5.74) is 0. The van der Waals surface area contributed by atoms with Gasteiger partial charge in [-0.3, -0.25) is 4.79 Å². The quantitative estimate of drug-likeness (QED) is 0.486. The molecule has 0 aliphatic heterocycles. The molecule has 0 aliphatic rings. The Labute approximate surface area is 107 Å². The maximum atomic E-state index is 11.4. The molecular weight excluding hydrogens is 284 g/mol. The van der Waals surface area contributed by atoms with Crippen LogP contribution in [-0.4, -0.2) is 52.5 Å². The standard InChI is InChI=1S/C8H18N2O6S2/c1-3-5-9-18(15,16)10-7(8(11)12)4-6-17(2,13)14/h7,9-10H,3-6H2,1-2H3,(H,11,12). The minimum Gasteiger partial charge on any atom is -0.480 e. The van der Waals surface area contributed by atoms with E-state index < -0.39 is 37.8 Å². The Bertz CT molecular complexity index is 470. The summed E-state index contributed by atoms with van der Waals surface area (Å²) in [7, 11) is -7.28. The van der Waals surface area contributed by atoms with Crippen molar-refractivity contribution in [2.24, 2.45) is 0 Å². The highest BCUT2D eigenvalue weighted by atomic mass is 32.2. The Morgan fingerprint density at radius 3 is 2.22 bits per heavy atom. The van der Waals surface area contributed by atoms with Crippen molar-refractivity contribution in [3.8, 4) is 0 Å². The molecule has 0 heterocycles. The minimum atomic E-state index is -3.93. The molecule has 0 aromatic rings. The van der Waals surface area contributed by atoms with Gasteiger partial charge in [0.25, 0.3) is 10.2 Å². The molecule has 0 bridgehead atoms. The third-order valence-electron chi connectivity index (χ3n) is 1.91. The van der Waals surface area contributed by atoms with E-state index in [1.165, 1.54) is 0 Å². The second-order valence-electron chi connectivity index (χ2n) is 3.83. The lowest BCUT2D eigenvalue weighted by atomic mass is 10.2. The maximum Gasteiger partial charge on any atom is 0.321 e. The molecule has 0 rings (SSSR count). The van der Waals surface area contributed by atoms with Gasteiger partial charge in [-0.25, -0.2) is 13.1 Å². The predicted octanol–water partition coefficient (Wildman–Crippen LogP) is -1.29. The summed E-state index contributed by atoms with van der Waals surface area (Å²) in [4.78, 5) is 10.8. The van der Waals surface area contributed by atoms with Crippen LogP contribution in [0.4, 0.5) is 0 Å². The molecule has 0 fully saturated rings. The number of carboxylic acid groups (broad SMARTS) is 1. The Morgan fingerprint density at radius 1 is 1.28 bits per heavy atom. The number of aliphatic carboxylic acids is 1. The van der Waals surface area contributed by atoms with Crippen molar-refractivity contribution >= 4 is 26.0 Å². The van der Waals surface area contributed by atoms with Crippen molar-refractivity contribution in [2.75, 3.05) is 18.6 Å². The van der Waals surface area contributed by atoms with Crippen molar-refractivity contribution in [1.29, 1.82) is 0 Å². The number of carboxylic acids is 1. The molecule has 10 heteroatoms. The molecule has 1 unspecified atom stereocenters. The number of sulfone groups is 1. The predicted molar refractivity (Wildman–Crippen MR) is 66.1 cm³/mol. The average molecular weight is 302 g/mol. The highest BCUT2D eigenvalue weighted by Crippen LogP contribution is 1.98. The van der Waals surface area contributed by atoms with Crippen molar-refractivity contribution in [3.63, 3.8) is 0 Å². The number of hydrogen-bond acceptors (Lipinski definition) is 5. The van der Waals surface area contributed by atoms with E-state index in [4.69, 9.17) is 5.11 Å². The van der Waals surface area contributed by atoms with Gasteiger partial charge in [-0.05, 0) is 12.8 Å². The summed E-state index contributed by atoms with van der Waals surface area (Å²) in [6.45, 7) is 1.93. The van der Waals surface area contributed by atoms with Gasteiger partial charge in [0, 0.05) is 12.8 Å². The molecule has 0 saturated heterocycles. The lowest BCUT2D eigenvalue weighted by Gasteiger charge is -2.14. The van der Waals surface area contributed by atoms with E-state index >= 15 is 0 Å². The topological polar surface area (TPSA) is 130 Å². The summed E-state index contributed by atoms with van der Waals surface area (Å²) < 4.78 is 48.6. The molecule has 8 nitrogen and oxygen atoms in total. The number of rotatable bonds is 9. The Hall–Kier alpha value is -0.710. The van der Waals surface area contributed by atoms with Crippen LogP contribution in [-0.2, 0) is 24.8 Å². The van der Waals surface area contributed by atoms with E-state index in [0.717, 1.165) is 6.26 Å². The van der Waals surface area contributed by atoms with E-state index in [0.29, 0.717) is 6.42 Å². The molecule has 108 valence electrons. The van der Waals surface area contributed by atoms with Crippen LogP contribution in [0.2, 0.25) is 0 Å². The normalized spacial score (nSPS) is 14.3. The Kier molecular flexibility index (Phi) is 6.74. The van der Waals surface area contributed by atoms with Gasteiger partial charge in [0.1, 0.15) is 15.9 Å². The fourth-order valence-electron chi connectivity index (χ4n) is 1.03. The molecule has 0 aromatic heterocycles. The van der Waals surface area contributed by atoms with Crippen LogP contribution in [0.25, 0.3) is 0 Å². The third-order valence-corrected chi connectivity index (χ3v) is 4.07. The van der Waals surface area contributed by atoms with Crippen LogP contribution < -0.4 is 9.44 Å². The van der Waals surface area contributed by atoms with Gasteiger partial charge < -0.3 is 5.11 Å². The molecule has 0 aromatic carbocycles. The first-order valence-electron chi connectivity index (χ1n) is 5.25. The molecule has 1 atom stereocenters. The van der Waals surface area contributed by atoms with Gasteiger partial charge >= 0.3 is 5.97 Å². The third kappa shape index (κ3) is 8.39. The van der Waals surface area contributed by atoms with Crippen LogP contribution in [0.3, 0.4) is 0 Å². The van der Waals surface area contributed by atoms with Crippen LogP contribution in [0.5, 0.6) is 0 Å². The molecule has 0 saturated carbocycles. The molecule has 0 spiro atoms. The molecular formula is C8H18N2O6S2. The van der Waals surface area contributed by atoms with E-state index in [9.17, 15) is 21.6 Å². The Morgan fingerprint density at radius 2 is 1.83 bits per heavy atom. The van der Waals surface area contributed by atoms with Gasteiger partial charge in [0.05, 0.1) is 5.75 Å². The van der Waals surface area contributed by atoms with Crippen LogP contribution in [0.1, 0.15) is 19.8 Å². The van der Waals surface area contributed by atoms with Crippen molar-refractivity contribution in [1.82, 2.24) is 9.44 Å². The molecule has 3 N–H and O–H groups in total. The highest BCUT2D eigenvalue weighted by Gasteiger charge is 2.24. The minimum absolute atomic E-state index is 0.174. The first kappa shape index (κ1) is 17.3. The van der Waals surface area contributed by atoms with Crippen molar-refractivity contribution in [2.45, 2.75) is 25.8 Å². The first-order valence-corrected chi connectivity index (χ1v) is 8.79. The van der Waals surface area contributed by atoms with Crippen LogP contribution in [0, 0.1) is 0 Å². The fraction of sp³-hybridized carbons (Fsp3) is 0.875. The lowest BCUT2D eigenvalue weighted by Crippen LogP contribution is -2.47. The molecule has 0 radical (unpaired) electrons. The second kappa shape index (κ2) is 7.02. The molecule has 18 heavy (non-hydrogen) atoms. The zero-order valence-electron chi connectivity index (χ0n) is 10.2. The first-order chi connectivity index (χ1) is 8.07. The van der Waals surface area contributed by atoms with Gasteiger partial charge in [-0.15, -0.1) is 0 Å². The average Bonchev–Trinajstić information content (AvgIpc) is 2.19. The van der Waals surface area contributed by atoms with Gasteiger partial charge in [0.15, 0.2) is 0 Å². The zero-order valence-corrected chi connectivity index (χ0v) is 11.8. The van der Waals surface area contributed by atoms with Crippen molar-refractivity contribution in [3.05, 3.63) is 0 Å². The Balaban J connectivity index is 4.59. The number of carbonyl (C=O) groups is 1. The van der Waals surface area contributed by atoms with Gasteiger partial charge in [0.2, 0.25) is 0 Å².